The van der Waals surface area contributed by atoms with Crippen molar-refractivity contribution in [1.82, 2.24) is 5.43 Å². The van der Waals surface area contributed by atoms with E-state index < -0.39 is 0 Å². The Kier molecular flexibility index (Phi) is 5.60. The van der Waals surface area contributed by atoms with Crippen LogP contribution >= 0.6 is 0 Å². The number of nitrogens with two attached hydrogens (primary N) is 1. The van der Waals surface area contributed by atoms with Gasteiger partial charge in [0.25, 0.3) is 0 Å². The van der Waals surface area contributed by atoms with Crippen LogP contribution < -0.4 is 20.7 Å². The topological polar surface area (TPSA) is 56.5 Å². The molecule has 4 nitrogen and oxygen atoms in total. The molecular formula is C17H22N2O2. The van der Waals surface area contributed by atoms with Gasteiger partial charge in [-0.1, -0.05) is 31.2 Å². The Morgan fingerprint density at radius 3 is 2.43 bits per heavy atom. The predicted octanol–water partition coefficient (Wildman–Crippen LogP) is 3.04. The molecule has 0 aliphatic carbocycles. The molecule has 112 valence electrons. The molecule has 2 rings (SSSR count). The Morgan fingerprint density at radius 1 is 1.05 bits per heavy atom. The van der Waals surface area contributed by atoms with Gasteiger partial charge in [-0.15, -0.1) is 0 Å². The molecule has 0 fully saturated rings. The zero-order valence-electron chi connectivity index (χ0n) is 12.5. The first-order valence-corrected chi connectivity index (χ1v) is 7.11. The number of hydrogen-bond acceptors (Lipinski definition) is 4. The molecule has 0 amide bonds. The molecule has 0 aliphatic rings. The number of hydrogen-bond donors (Lipinski definition) is 2. The lowest BCUT2D eigenvalue weighted by atomic mass is 9.99. The van der Waals surface area contributed by atoms with Crippen LogP contribution in [-0.4, -0.2) is 13.7 Å². The first-order chi connectivity index (χ1) is 10.3. The van der Waals surface area contributed by atoms with Crippen molar-refractivity contribution in [3.8, 4) is 11.5 Å². The summed E-state index contributed by atoms with van der Waals surface area (Å²) >= 11 is 0. The summed E-state index contributed by atoms with van der Waals surface area (Å²) < 4.78 is 10.9. The number of methoxy groups -OCH3 is 1. The molecule has 0 saturated carbocycles. The molecule has 1 atom stereocenters. The minimum absolute atomic E-state index is 0.0830. The summed E-state index contributed by atoms with van der Waals surface area (Å²) in [6.45, 7) is 2.82. The molecule has 1 unspecified atom stereocenters. The Labute approximate surface area is 125 Å². The van der Waals surface area contributed by atoms with Gasteiger partial charge in [0.2, 0.25) is 0 Å². The molecule has 3 N–H and O–H groups in total. The monoisotopic (exact) mass is 286 g/mol. The van der Waals surface area contributed by atoms with Crippen LogP contribution in [-0.2, 0) is 0 Å². The third-order valence-electron chi connectivity index (χ3n) is 3.28. The van der Waals surface area contributed by atoms with E-state index in [0.717, 1.165) is 35.7 Å². The van der Waals surface area contributed by atoms with Gasteiger partial charge >= 0.3 is 0 Å². The maximum Gasteiger partial charge on any atom is 0.119 e. The maximum absolute atomic E-state index is 5.72. The molecule has 21 heavy (non-hydrogen) atoms. The highest BCUT2D eigenvalue weighted by Gasteiger charge is 2.13. The second-order valence-corrected chi connectivity index (χ2v) is 4.79. The standard InChI is InChI=1S/C17H22N2O2/c1-3-11-21-15-9-7-13(8-10-15)17(19-18)14-5-4-6-16(12-14)20-2/h4-10,12,17,19H,3,11,18H2,1-2H3. The third-order valence-corrected chi connectivity index (χ3v) is 3.28. The van der Waals surface area contributed by atoms with Crippen molar-refractivity contribution < 1.29 is 9.47 Å². The van der Waals surface area contributed by atoms with E-state index in [-0.39, 0.29) is 6.04 Å². The number of benzene rings is 2. The summed E-state index contributed by atoms with van der Waals surface area (Å²) in [4.78, 5) is 0. The quantitative estimate of drug-likeness (QED) is 0.607. The van der Waals surface area contributed by atoms with Crippen LogP contribution in [0.2, 0.25) is 0 Å². The molecule has 4 heteroatoms. The van der Waals surface area contributed by atoms with Crippen LogP contribution in [0.15, 0.2) is 48.5 Å². The van der Waals surface area contributed by atoms with E-state index in [0.29, 0.717) is 0 Å². The van der Waals surface area contributed by atoms with Crippen LogP contribution in [0.25, 0.3) is 0 Å². The van der Waals surface area contributed by atoms with Gasteiger partial charge in [0.05, 0.1) is 19.8 Å². The zero-order chi connectivity index (χ0) is 15.1. The Morgan fingerprint density at radius 2 is 1.81 bits per heavy atom. The van der Waals surface area contributed by atoms with Crippen molar-refractivity contribution in [2.24, 2.45) is 5.84 Å². The smallest absolute Gasteiger partial charge is 0.119 e. The van der Waals surface area contributed by atoms with Gasteiger partial charge in [0.15, 0.2) is 0 Å². The fourth-order valence-corrected chi connectivity index (χ4v) is 2.18. The van der Waals surface area contributed by atoms with Crippen LogP contribution in [0.5, 0.6) is 11.5 Å². The second-order valence-electron chi connectivity index (χ2n) is 4.79. The highest BCUT2D eigenvalue weighted by Crippen LogP contribution is 2.26. The average molecular weight is 286 g/mol. The van der Waals surface area contributed by atoms with E-state index in [4.69, 9.17) is 15.3 Å². The van der Waals surface area contributed by atoms with Crippen molar-refractivity contribution in [3.63, 3.8) is 0 Å². The van der Waals surface area contributed by atoms with Crippen LogP contribution in [0.1, 0.15) is 30.5 Å². The largest absolute Gasteiger partial charge is 0.497 e. The van der Waals surface area contributed by atoms with Gasteiger partial charge in [-0.25, -0.2) is 5.43 Å². The minimum Gasteiger partial charge on any atom is -0.497 e. The lowest BCUT2D eigenvalue weighted by molar-refractivity contribution is 0.317. The van der Waals surface area contributed by atoms with E-state index >= 15 is 0 Å². The molecule has 2 aromatic carbocycles. The molecule has 0 saturated heterocycles. The Hall–Kier alpha value is -2.04. The average Bonchev–Trinajstić information content (AvgIpc) is 2.55. The summed E-state index contributed by atoms with van der Waals surface area (Å²) in [6.07, 6.45) is 0.999. The molecule has 0 bridgehead atoms. The Balaban J connectivity index is 2.20. The van der Waals surface area contributed by atoms with E-state index in [1.165, 1.54) is 0 Å². The lowest BCUT2D eigenvalue weighted by Gasteiger charge is -2.18. The molecule has 0 aliphatic heterocycles. The first-order valence-electron chi connectivity index (χ1n) is 7.11. The third kappa shape index (κ3) is 3.97. The van der Waals surface area contributed by atoms with Gasteiger partial charge in [-0.3, -0.25) is 5.84 Å². The minimum atomic E-state index is -0.0830. The number of rotatable bonds is 7. The van der Waals surface area contributed by atoms with Crippen molar-refractivity contribution in [3.05, 3.63) is 59.7 Å². The van der Waals surface area contributed by atoms with Crippen molar-refractivity contribution in [1.29, 1.82) is 0 Å². The van der Waals surface area contributed by atoms with Crippen LogP contribution in [0.3, 0.4) is 0 Å². The highest BCUT2D eigenvalue weighted by molar-refractivity contribution is 5.38. The summed E-state index contributed by atoms with van der Waals surface area (Å²) in [6, 6.07) is 15.8. The van der Waals surface area contributed by atoms with E-state index in [1.54, 1.807) is 7.11 Å². The summed E-state index contributed by atoms with van der Waals surface area (Å²) in [5.41, 5.74) is 4.99. The number of hydrazine groups is 1. The highest BCUT2D eigenvalue weighted by atomic mass is 16.5. The van der Waals surface area contributed by atoms with E-state index in [9.17, 15) is 0 Å². The number of nitrogens with one attached hydrogen (secondary N) is 1. The van der Waals surface area contributed by atoms with Gasteiger partial charge in [0.1, 0.15) is 11.5 Å². The first kappa shape index (κ1) is 15.4. The van der Waals surface area contributed by atoms with E-state index in [1.807, 2.05) is 48.5 Å². The van der Waals surface area contributed by atoms with Crippen LogP contribution in [0.4, 0.5) is 0 Å². The second kappa shape index (κ2) is 7.67. The van der Waals surface area contributed by atoms with Gasteiger partial charge in [-0.2, -0.15) is 0 Å². The summed E-state index contributed by atoms with van der Waals surface area (Å²) in [5, 5.41) is 0. The molecular weight excluding hydrogens is 264 g/mol. The van der Waals surface area contributed by atoms with Gasteiger partial charge < -0.3 is 9.47 Å². The number of ether oxygens (including phenoxy) is 2. The normalized spacial score (nSPS) is 12.0. The van der Waals surface area contributed by atoms with Crippen molar-refractivity contribution in [2.75, 3.05) is 13.7 Å². The Bertz CT molecular complexity index is 555. The lowest BCUT2D eigenvalue weighted by Crippen LogP contribution is -2.28. The summed E-state index contributed by atoms with van der Waals surface area (Å²) in [5.74, 6) is 7.42. The maximum atomic E-state index is 5.72. The molecule has 2 aromatic rings. The van der Waals surface area contributed by atoms with Gasteiger partial charge in [0, 0.05) is 0 Å². The molecule has 0 heterocycles. The SMILES string of the molecule is CCCOc1ccc(C(NN)c2cccc(OC)c2)cc1. The zero-order valence-corrected chi connectivity index (χ0v) is 12.5. The molecule has 0 aromatic heterocycles. The van der Waals surface area contributed by atoms with Crippen LogP contribution in [0, 0.1) is 0 Å². The van der Waals surface area contributed by atoms with Crippen molar-refractivity contribution in [2.45, 2.75) is 19.4 Å². The van der Waals surface area contributed by atoms with Crippen molar-refractivity contribution >= 4 is 0 Å². The summed E-state index contributed by atoms with van der Waals surface area (Å²) in [7, 11) is 1.66. The fourth-order valence-electron chi connectivity index (χ4n) is 2.18. The van der Waals surface area contributed by atoms with E-state index in [2.05, 4.69) is 12.3 Å². The molecule has 0 radical (unpaired) electrons. The van der Waals surface area contributed by atoms with Gasteiger partial charge in [-0.05, 0) is 41.8 Å². The molecule has 0 spiro atoms. The predicted molar refractivity (Wildman–Crippen MR) is 84.4 cm³/mol. The fraction of sp³-hybridized carbons (Fsp3) is 0.294.